The predicted octanol–water partition coefficient (Wildman–Crippen LogP) is 2.74. The molecule has 18 heavy (non-hydrogen) atoms. The molecule has 0 bridgehead atoms. The molecule has 3 nitrogen and oxygen atoms in total. The fourth-order valence-corrected chi connectivity index (χ4v) is 2.17. The summed E-state index contributed by atoms with van der Waals surface area (Å²) in [4.78, 5) is 0. The van der Waals surface area contributed by atoms with Crippen LogP contribution in [-0.2, 0) is 7.05 Å². The number of nitrogens with zero attached hydrogens (tertiary/aromatic N) is 2. The van der Waals surface area contributed by atoms with E-state index < -0.39 is 0 Å². The van der Waals surface area contributed by atoms with Gasteiger partial charge in [-0.05, 0) is 37.1 Å². The van der Waals surface area contributed by atoms with E-state index >= 15 is 0 Å². The van der Waals surface area contributed by atoms with E-state index in [2.05, 4.69) is 55.6 Å². The highest BCUT2D eigenvalue weighted by atomic mass is 15.2. The van der Waals surface area contributed by atoms with Gasteiger partial charge in [-0.3, -0.25) is 4.68 Å². The molecule has 1 atom stereocenters. The van der Waals surface area contributed by atoms with Crippen LogP contribution in [0.25, 0.3) is 0 Å². The van der Waals surface area contributed by atoms with Gasteiger partial charge in [-0.15, -0.1) is 0 Å². The van der Waals surface area contributed by atoms with Gasteiger partial charge < -0.3 is 5.32 Å². The maximum Gasteiger partial charge on any atom is 0.0607 e. The lowest BCUT2D eigenvalue weighted by molar-refractivity contribution is 0.629. The molecule has 0 fully saturated rings. The summed E-state index contributed by atoms with van der Waals surface area (Å²) in [6.07, 6.45) is 4.00. The molecule has 1 unspecified atom stereocenters. The molecule has 2 rings (SSSR count). The van der Waals surface area contributed by atoms with Crippen LogP contribution >= 0.6 is 0 Å². The summed E-state index contributed by atoms with van der Waals surface area (Å²) in [6.45, 7) is 7.37. The molecule has 3 heteroatoms. The van der Waals surface area contributed by atoms with Crippen molar-refractivity contribution >= 4 is 0 Å². The van der Waals surface area contributed by atoms with Crippen molar-refractivity contribution in [3.05, 3.63) is 52.8 Å². The smallest absolute Gasteiger partial charge is 0.0607 e. The first-order chi connectivity index (χ1) is 8.61. The first-order valence-electron chi connectivity index (χ1n) is 6.41. The topological polar surface area (TPSA) is 29.9 Å². The Bertz CT molecular complexity index is 528. The third-order valence-electron chi connectivity index (χ3n) is 3.33. The highest BCUT2D eigenvalue weighted by molar-refractivity contribution is 5.36. The third kappa shape index (κ3) is 2.62. The largest absolute Gasteiger partial charge is 0.306 e. The Morgan fingerprint density at radius 2 is 2.00 bits per heavy atom. The summed E-state index contributed by atoms with van der Waals surface area (Å²) in [5.74, 6) is 0. The van der Waals surface area contributed by atoms with Gasteiger partial charge in [0, 0.05) is 18.8 Å². The molecule has 0 saturated carbocycles. The fourth-order valence-electron chi connectivity index (χ4n) is 2.17. The van der Waals surface area contributed by atoms with E-state index in [1.54, 1.807) is 0 Å². The van der Waals surface area contributed by atoms with Crippen molar-refractivity contribution in [3.63, 3.8) is 0 Å². The highest BCUT2D eigenvalue weighted by Crippen LogP contribution is 2.23. The lowest BCUT2D eigenvalue weighted by Gasteiger charge is -2.18. The van der Waals surface area contributed by atoms with Crippen molar-refractivity contribution in [1.29, 1.82) is 0 Å². The summed E-state index contributed by atoms with van der Waals surface area (Å²) < 4.78 is 1.85. The first-order valence-corrected chi connectivity index (χ1v) is 6.41. The Hall–Kier alpha value is -1.61. The predicted molar refractivity (Wildman–Crippen MR) is 74.6 cm³/mol. The van der Waals surface area contributed by atoms with Crippen LogP contribution in [0.3, 0.4) is 0 Å². The van der Waals surface area contributed by atoms with Gasteiger partial charge in [0.05, 0.1) is 12.2 Å². The second-order valence-electron chi connectivity index (χ2n) is 4.78. The van der Waals surface area contributed by atoms with Gasteiger partial charge in [0.15, 0.2) is 0 Å². The van der Waals surface area contributed by atoms with Crippen molar-refractivity contribution in [2.24, 2.45) is 7.05 Å². The molecule has 1 aromatic heterocycles. The number of hydrogen-bond donors (Lipinski definition) is 1. The number of aromatic nitrogens is 2. The van der Waals surface area contributed by atoms with E-state index in [4.69, 9.17) is 0 Å². The second kappa shape index (κ2) is 5.36. The van der Waals surface area contributed by atoms with Gasteiger partial charge in [-0.25, -0.2) is 0 Å². The summed E-state index contributed by atoms with van der Waals surface area (Å²) in [6, 6.07) is 6.87. The molecule has 0 radical (unpaired) electrons. The minimum atomic E-state index is 0.225. The van der Waals surface area contributed by atoms with Crippen molar-refractivity contribution in [3.8, 4) is 0 Å². The van der Waals surface area contributed by atoms with Gasteiger partial charge in [-0.2, -0.15) is 5.10 Å². The zero-order valence-corrected chi connectivity index (χ0v) is 11.6. The summed E-state index contributed by atoms with van der Waals surface area (Å²) in [5.41, 5.74) is 5.18. The molecule has 96 valence electrons. The number of hydrogen-bond acceptors (Lipinski definition) is 2. The van der Waals surface area contributed by atoms with Crippen LogP contribution in [-0.4, -0.2) is 16.3 Å². The minimum absolute atomic E-state index is 0.225. The molecule has 0 amide bonds. The molecule has 1 N–H and O–H groups in total. The Morgan fingerprint density at radius 3 is 2.56 bits per heavy atom. The molecule has 0 saturated heterocycles. The number of rotatable bonds is 4. The van der Waals surface area contributed by atoms with Crippen molar-refractivity contribution in [1.82, 2.24) is 15.1 Å². The lowest BCUT2D eigenvalue weighted by atomic mass is 9.97. The lowest BCUT2D eigenvalue weighted by Crippen LogP contribution is -2.21. The van der Waals surface area contributed by atoms with Gasteiger partial charge >= 0.3 is 0 Å². The average Bonchev–Trinajstić information content (AvgIpc) is 2.76. The number of nitrogens with one attached hydrogen (secondary N) is 1. The molecule has 0 aliphatic carbocycles. The van der Waals surface area contributed by atoms with Crippen LogP contribution in [0.2, 0.25) is 0 Å². The summed E-state index contributed by atoms with van der Waals surface area (Å²) in [5, 5.41) is 7.78. The molecular formula is C15H21N3. The molecule has 2 aromatic rings. The number of aryl methyl sites for hydroxylation is 3. The molecule has 1 heterocycles. The molecule has 0 aliphatic rings. The van der Waals surface area contributed by atoms with Crippen LogP contribution in [0, 0.1) is 13.8 Å². The minimum Gasteiger partial charge on any atom is -0.306 e. The molecule has 0 spiro atoms. The quantitative estimate of drug-likeness (QED) is 0.895. The van der Waals surface area contributed by atoms with E-state index in [0.717, 1.165) is 6.54 Å². The molecular weight excluding hydrogens is 222 g/mol. The zero-order chi connectivity index (χ0) is 13.1. The van der Waals surface area contributed by atoms with Gasteiger partial charge in [0.1, 0.15) is 0 Å². The maximum absolute atomic E-state index is 4.26. The van der Waals surface area contributed by atoms with Gasteiger partial charge in [0.25, 0.3) is 0 Å². The summed E-state index contributed by atoms with van der Waals surface area (Å²) >= 11 is 0. The normalized spacial score (nSPS) is 12.7. The first kappa shape index (κ1) is 12.8. The van der Waals surface area contributed by atoms with Gasteiger partial charge in [0.2, 0.25) is 0 Å². The van der Waals surface area contributed by atoms with E-state index in [1.807, 2.05) is 17.9 Å². The Labute approximate surface area is 109 Å². The Kier molecular flexibility index (Phi) is 3.82. The van der Waals surface area contributed by atoms with Crippen LogP contribution in [0.1, 0.15) is 35.2 Å². The SMILES string of the molecule is CCNC(c1ccc(C)c(C)c1)c1cnn(C)c1. The van der Waals surface area contributed by atoms with Crippen LogP contribution in [0.15, 0.2) is 30.6 Å². The van der Waals surface area contributed by atoms with E-state index in [1.165, 1.54) is 22.3 Å². The van der Waals surface area contributed by atoms with E-state index in [-0.39, 0.29) is 6.04 Å². The van der Waals surface area contributed by atoms with Crippen LogP contribution < -0.4 is 5.32 Å². The average molecular weight is 243 g/mol. The Morgan fingerprint density at radius 1 is 1.22 bits per heavy atom. The Balaban J connectivity index is 2.37. The summed E-state index contributed by atoms with van der Waals surface area (Å²) in [7, 11) is 1.95. The monoisotopic (exact) mass is 243 g/mol. The van der Waals surface area contributed by atoms with Crippen molar-refractivity contribution < 1.29 is 0 Å². The van der Waals surface area contributed by atoms with Crippen LogP contribution in [0.5, 0.6) is 0 Å². The molecule has 1 aromatic carbocycles. The standard InChI is InChI=1S/C15H21N3/c1-5-16-15(14-9-17-18(4)10-14)13-7-6-11(2)12(3)8-13/h6-10,15-16H,5H2,1-4H3. The third-order valence-corrected chi connectivity index (χ3v) is 3.33. The van der Waals surface area contributed by atoms with Crippen LogP contribution in [0.4, 0.5) is 0 Å². The number of benzene rings is 1. The molecule has 0 aliphatic heterocycles. The van der Waals surface area contributed by atoms with Crippen molar-refractivity contribution in [2.45, 2.75) is 26.8 Å². The van der Waals surface area contributed by atoms with E-state index in [9.17, 15) is 0 Å². The van der Waals surface area contributed by atoms with E-state index in [0.29, 0.717) is 0 Å². The maximum atomic E-state index is 4.26. The second-order valence-corrected chi connectivity index (χ2v) is 4.78. The van der Waals surface area contributed by atoms with Gasteiger partial charge in [-0.1, -0.05) is 25.1 Å². The van der Waals surface area contributed by atoms with Crippen molar-refractivity contribution in [2.75, 3.05) is 6.54 Å². The zero-order valence-electron chi connectivity index (χ0n) is 11.6. The highest BCUT2D eigenvalue weighted by Gasteiger charge is 2.14. The fraction of sp³-hybridized carbons (Fsp3) is 0.400.